The van der Waals surface area contributed by atoms with Crippen LogP contribution in [0.15, 0.2) is 30.7 Å². The molecule has 0 radical (unpaired) electrons. The average molecular weight is 302 g/mol. The van der Waals surface area contributed by atoms with E-state index in [4.69, 9.17) is 0 Å². The van der Waals surface area contributed by atoms with Crippen LogP contribution in [0.5, 0.6) is 0 Å². The summed E-state index contributed by atoms with van der Waals surface area (Å²) in [6.45, 7) is 1.61. The fourth-order valence-corrected chi connectivity index (χ4v) is 3.44. The van der Waals surface area contributed by atoms with Crippen molar-refractivity contribution in [3.63, 3.8) is 0 Å². The summed E-state index contributed by atoms with van der Waals surface area (Å²) in [7, 11) is 1.95. The van der Waals surface area contributed by atoms with E-state index in [1.165, 1.54) is 11.3 Å². The molecular formula is C15H18N4OS. The van der Waals surface area contributed by atoms with Crippen LogP contribution < -0.4 is 5.32 Å². The lowest BCUT2D eigenvalue weighted by Gasteiger charge is -2.32. The fraction of sp³-hybridized carbons (Fsp3) is 0.400. The Bertz CT molecular complexity index is 613. The molecule has 1 saturated heterocycles. The largest absolute Gasteiger partial charge is 0.336 e. The minimum absolute atomic E-state index is 0.0905. The molecule has 0 bridgehead atoms. The SMILES string of the molecule is CNC1CCCN(C(=O)c2cnc(-c3ccncc3)s2)C1. The van der Waals surface area contributed by atoms with Gasteiger partial charge in [-0.3, -0.25) is 9.78 Å². The van der Waals surface area contributed by atoms with Crippen LogP contribution in [0.2, 0.25) is 0 Å². The normalized spacial score (nSPS) is 18.7. The van der Waals surface area contributed by atoms with Crippen molar-refractivity contribution in [2.24, 2.45) is 0 Å². The second-order valence-electron chi connectivity index (χ2n) is 5.14. The minimum Gasteiger partial charge on any atom is -0.336 e. The van der Waals surface area contributed by atoms with Crippen LogP contribution in [0, 0.1) is 0 Å². The summed E-state index contributed by atoms with van der Waals surface area (Å²) in [4.78, 5) is 23.6. The number of amides is 1. The molecule has 21 heavy (non-hydrogen) atoms. The first-order valence-corrected chi connectivity index (χ1v) is 7.92. The van der Waals surface area contributed by atoms with Crippen LogP contribution in [0.3, 0.4) is 0 Å². The van der Waals surface area contributed by atoms with E-state index in [0.29, 0.717) is 10.9 Å². The molecule has 5 nitrogen and oxygen atoms in total. The summed E-state index contributed by atoms with van der Waals surface area (Å²) in [5.41, 5.74) is 1.00. The van der Waals surface area contributed by atoms with Crippen LogP contribution in [-0.4, -0.2) is 47.0 Å². The van der Waals surface area contributed by atoms with Gasteiger partial charge in [-0.15, -0.1) is 11.3 Å². The number of hydrogen-bond acceptors (Lipinski definition) is 5. The number of nitrogens with one attached hydrogen (secondary N) is 1. The molecule has 3 heterocycles. The third kappa shape index (κ3) is 3.11. The molecule has 0 saturated carbocycles. The van der Waals surface area contributed by atoms with E-state index in [1.807, 2.05) is 24.1 Å². The first-order chi connectivity index (χ1) is 10.3. The van der Waals surface area contributed by atoms with Gasteiger partial charge in [-0.05, 0) is 32.0 Å². The zero-order valence-electron chi connectivity index (χ0n) is 12.0. The molecular weight excluding hydrogens is 284 g/mol. The van der Waals surface area contributed by atoms with Gasteiger partial charge >= 0.3 is 0 Å². The van der Waals surface area contributed by atoms with Crippen LogP contribution in [0.25, 0.3) is 10.6 Å². The summed E-state index contributed by atoms with van der Waals surface area (Å²) >= 11 is 1.45. The van der Waals surface area contributed by atoms with Gasteiger partial charge < -0.3 is 10.2 Å². The average Bonchev–Trinajstić information content (AvgIpc) is 3.05. The van der Waals surface area contributed by atoms with E-state index < -0.39 is 0 Å². The number of hydrogen-bond donors (Lipinski definition) is 1. The summed E-state index contributed by atoms with van der Waals surface area (Å²) in [5, 5.41) is 4.12. The summed E-state index contributed by atoms with van der Waals surface area (Å²) in [6.07, 6.45) is 7.34. The number of carbonyl (C=O) groups is 1. The molecule has 2 aromatic rings. The van der Waals surface area contributed by atoms with E-state index in [9.17, 15) is 4.79 Å². The van der Waals surface area contributed by atoms with Crippen LogP contribution >= 0.6 is 11.3 Å². The number of thiazole rings is 1. The van der Waals surface area contributed by atoms with E-state index in [0.717, 1.165) is 36.5 Å². The Balaban J connectivity index is 1.75. The van der Waals surface area contributed by atoms with Crippen molar-refractivity contribution in [3.05, 3.63) is 35.6 Å². The van der Waals surface area contributed by atoms with Crippen molar-refractivity contribution in [3.8, 4) is 10.6 Å². The van der Waals surface area contributed by atoms with Crippen molar-refractivity contribution in [1.82, 2.24) is 20.2 Å². The lowest BCUT2D eigenvalue weighted by atomic mass is 10.1. The highest BCUT2D eigenvalue weighted by molar-refractivity contribution is 7.16. The molecule has 110 valence electrons. The van der Waals surface area contributed by atoms with Gasteiger partial charge in [0.25, 0.3) is 5.91 Å². The molecule has 1 aliphatic heterocycles. The first kappa shape index (κ1) is 14.2. The standard InChI is InChI=1S/C15H18N4OS/c1-16-12-3-2-8-19(10-12)15(20)13-9-18-14(21-13)11-4-6-17-7-5-11/h4-7,9,12,16H,2-3,8,10H2,1H3. The molecule has 1 amide bonds. The van der Waals surface area contributed by atoms with E-state index in [-0.39, 0.29) is 5.91 Å². The highest BCUT2D eigenvalue weighted by Gasteiger charge is 2.24. The van der Waals surface area contributed by atoms with Gasteiger partial charge in [-0.25, -0.2) is 4.98 Å². The Hall–Kier alpha value is -1.79. The monoisotopic (exact) mass is 302 g/mol. The highest BCUT2D eigenvalue weighted by atomic mass is 32.1. The first-order valence-electron chi connectivity index (χ1n) is 7.10. The topological polar surface area (TPSA) is 58.1 Å². The summed E-state index contributed by atoms with van der Waals surface area (Å²) < 4.78 is 0. The molecule has 6 heteroatoms. The second kappa shape index (κ2) is 6.32. The van der Waals surface area contributed by atoms with Crippen molar-refractivity contribution < 1.29 is 4.79 Å². The number of likely N-dealkylation sites (N-methyl/N-ethyl adjacent to an activating group) is 1. The predicted molar refractivity (Wildman–Crippen MR) is 83.3 cm³/mol. The number of pyridine rings is 1. The Kier molecular flexibility index (Phi) is 4.26. The zero-order valence-corrected chi connectivity index (χ0v) is 12.8. The molecule has 0 aliphatic carbocycles. The van der Waals surface area contributed by atoms with Crippen molar-refractivity contribution in [1.29, 1.82) is 0 Å². The van der Waals surface area contributed by atoms with E-state index in [2.05, 4.69) is 15.3 Å². The van der Waals surface area contributed by atoms with Crippen molar-refractivity contribution >= 4 is 17.2 Å². The predicted octanol–water partition coefficient (Wildman–Crippen LogP) is 2.03. The van der Waals surface area contributed by atoms with E-state index in [1.54, 1.807) is 18.6 Å². The van der Waals surface area contributed by atoms with E-state index >= 15 is 0 Å². The molecule has 1 fully saturated rings. The summed E-state index contributed by atoms with van der Waals surface area (Å²) in [5.74, 6) is 0.0905. The lowest BCUT2D eigenvalue weighted by molar-refractivity contribution is 0.0703. The second-order valence-corrected chi connectivity index (χ2v) is 6.18. The molecule has 2 aromatic heterocycles. The van der Waals surface area contributed by atoms with Crippen LogP contribution in [0.1, 0.15) is 22.5 Å². The smallest absolute Gasteiger partial charge is 0.265 e. The maximum absolute atomic E-state index is 12.6. The molecule has 1 aliphatic rings. The number of likely N-dealkylation sites (tertiary alicyclic amines) is 1. The molecule has 1 N–H and O–H groups in total. The minimum atomic E-state index is 0.0905. The molecule has 1 atom stereocenters. The van der Waals surface area contributed by atoms with Gasteiger partial charge in [-0.2, -0.15) is 0 Å². The number of carbonyl (C=O) groups excluding carboxylic acids is 1. The zero-order chi connectivity index (χ0) is 14.7. The van der Waals surface area contributed by atoms with Gasteiger partial charge in [0.05, 0.1) is 6.20 Å². The van der Waals surface area contributed by atoms with Gasteiger partial charge in [0, 0.05) is 37.1 Å². The lowest BCUT2D eigenvalue weighted by Crippen LogP contribution is -2.46. The Labute approximate surface area is 128 Å². The molecule has 3 rings (SSSR count). The quantitative estimate of drug-likeness (QED) is 0.942. The van der Waals surface area contributed by atoms with Crippen molar-refractivity contribution in [2.75, 3.05) is 20.1 Å². The fourth-order valence-electron chi connectivity index (χ4n) is 2.55. The van der Waals surface area contributed by atoms with Gasteiger partial charge in [0.15, 0.2) is 0 Å². The van der Waals surface area contributed by atoms with Gasteiger partial charge in [0.1, 0.15) is 9.88 Å². The molecule has 1 unspecified atom stereocenters. The van der Waals surface area contributed by atoms with Crippen LogP contribution in [-0.2, 0) is 0 Å². The maximum atomic E-state index is 12.6. The number of rotatable bonds is 3. The Morgan fingerprint density at radius 1 is 1.43 bits per heavy atom. The number of piperidine rings is 1. The Morgan fingerprint density at radius 2 is 2.24 bits per heavy atom. The maximum Gasteiger partial charge on any atom is 0.265 e. The van der Waals surface area contributed by atoms with Gasteiger partial charge in [0.2, 0.25) is 0 Å². The van der Waals surface area contributed by atoms with Crippen LogP contribution in [0.4, 0.5) is 0 Å². The third-order valence-electron chi connectivity index (χ3n) is 3.76. The number of nitrogens with zero attached hydrogens (tertiary/aromatic N) is 3. The molecule has 0 spiro atoms. The third-order valence-corrected chi connectivity index (χ3v) is 4.80. The summed E-state index contributed by atoms with van der Waals surface area (Å²) in [6, 6.07) is 4.21. The molecule has 0 aromatic carbocycles. The van der Waals surface area contributed by atoms with Gasteiger partial charge in [-0.1, -0.05) is 0 Å². The number of aromatic nitrogens is 2. The van der Waals surface area contributed by atoms with Crippen molar-refractivity contribution in [2.45, 2.75) is 18.9 Å². The Morgan fingerprint density at radius 3 is 3.00 bits per heavy atom. The highest BCUT2D eigenvalue weighted by Crippen LogP contribution is 2.26.